The van der Waals surface area contributed by atoms with Gasteiger partial charge in [-0.2, -0.15) is 5.26 Å². The van der Waals surface area contributed by atoms with Crippen LogP contribution in [-0.2, 0) is 21.7 Å². The SMILES string of the molecule is Cc1c(/C=C2\SC(=S)N(C3CCS(=O)(=O)C3)C2=O)c(N2CCCCCC2)n(C)c(=O)c1C#N. The Balaban J connectivity index is 1.81. The molecule has 3 aliphatic rings. The largest absolute Gasteiger partial charge is 0.357 e. The molecule has 4 heterocycles. The van der Waals surface area contributed by atoms with Gasteiger partial charge in [0, 0.05) is 25.7 Å². The minimum atomic E-state index is -3.17. The van der Waals surface area contributed by atoms with E-state index < -0.39 is 15.9 Å². The second kappa shape index (κ2) is 9.24. The van der Waals surface area contributed by atoms with Crippen molar-refractivity contribution in [3.63, 3.8) is 0 Å². The van der Waals surface area contributed by atoms with E-state index in [1.54, 1.807) is 20.0 Å². The van der Waals surface area contributed by atoms with E-state index in [1.165, 1.54) is 9.47 Å². The molecular weight excluding hydrogens is 480 g/mol. The molecule has 3 aliphatic heterocycles. The molecule has 1 aromatic heterocycles. The van der Waals surface area contributed by atoms with Gasteiger partial charge in [0.1, 0.15) is 21.8 Å². The van der Waals surface area contributed by atoms with Gasteiger partial charge in [0.25, 0.3) is 11.5 Å². The summed E-state index contributed by atoms with van der Waals surface area (Å²) in [5.41, 5.74) is 0.901. The number of pyridine rings is 1. The molecule has 11 heteroatoms. The van der Waals surface area contributed by atoms with Gasteiger partial charge < -0.3 is 4.90 Å². The normalized spacial score (nSPS) is 24.4. The second-order valence-electron chi connectivity index (χ2n) is 8.72. The summed E-state index contributed by atoms with van der Waals surface area (Å²) in [5.74, 6) is 0.356. The highest BCUT2D eigenvalue weighted by atomic mass is 32.2. The van der Waals surface area contributed by atoms with Crippen LogP contribution in [0.4, 0.5) is 5.82 Å². The molecule has 8 nitrogen and oxygen atoms in total. The molecule has 1 atom stereocenters. The summed E-state index contributed by atoms with van der Waals surface area (Å²) in [4.78, 5) is 30.2. The number of carbonyl (C=O) groups excluding carboxylic acids is 1. The van der Waals surface area contributed by atoms with Gasteiger partial charge in [0.15, 0.2) is 9.84 Å². The number of amides is 1. The minimum absolute atomic E-state index is 0.0539. The van der Waals surface area contributed by atoms with Crippen molar-refractivity contribution >= 4 is 55.9 Å². The maximum absolute atomic E-state index is 13.3. The summed E-state index contributed by atoms with van der Waals surface area (Å²) in [7, 11) is -1.51. The molecular formula is C22H26N4O4S3. The average molecular weight is 507 g/mol. The van der Waals surface area contributed by atoms with Gasteiger partial charge in [-0.15, -0.1) is 0 Å². The summed E-state index contributed by atoms with van der Waals surface area (Å²) >= 11 is 6.58. The summed E-state index contributed by atoms with van der Waals surface area (Å²) in [6.07, 6.45) is 6.35. The Hall–Kier alpha value is -2.16. The zero-order valence-electron chi connectivity index (χ0n) is 18.7. The molecule has 1 unspecified atom stereocenters. The first-order valence-electron chi connectivity index (χ1n) is 11.0. The molecule has 1 aromatic rings. The van der Waals surface area contributed by atoms with Crippen molar-refractivity contribution < 1.29 is 13.2 Å². The van der Waals surface area contributed by atoms with Crippen molar-refractivity contribution in [1.82, 2.24) is 9.47 Å². The Bertz CT molecular complexity index is 1250. The summed E-state index contributed by atoms with van der Waals surface area (Å²) < 4.78 is 25.7. The molecule has 0 aromatic carbocycles. The molecule has 3 saturated heterocycles. The smallest absolute Gasteiger partial charge is 0.270 e. The lowest BCUT2D eigenvalue weighted by atomic mass is 10.0. The third-order valence-electron chi connectivity index (χ3n) is 6.55. The lowest BCUT2D eigenvalue weighted by Crippen LogP contribution is -2.39. The van der Waals surface area contributed by atoms with Crippen LogP contribution in [0, 0.1) is 18.3 Å². The van der Waals surface area contributed by atoms with E-state index in [-0.39, 0.29) is 28.5 Å². The zero-order valence-corrected chi connectivity index (χ0v) is 21.1. The predicted octanol–water partition coefficient (Wildman–Crippen LogP) is 2.33. The van der Waals surface area contributed by atoms with Crippen LogP contribution in [-0.4, -0.2) is 58.7 Å². The number of sulfone groups is 1. The van der Waals surface area contributed by atoms with Gasteiger partial charge in [-0.25, -0.2) is 8.42 Å². The number of rotatable bonds is 3. The van der Waals surface area contributed by atoms with E-state index in [1.807, 2.05) is 6.07 Å². The van der Waals surface area contributed by atoms with Crippen molar-refractivity contribution in [2.45, 2.75) is 45.1 Å². The summed E-state index contributed by atoms with van der Waals surface area (Å²) in [6.45, 7) is 3.32. The van der Waals surface area contributed by atoms with E-state index in [0.717, 1.165) is 50.5 Å². The highest BCUT2D eigenvalue weighted by Crippen LogP contribution is 2.38. The Labute approximate surface area is 203 Å². The topological polar surface area (TPSA) is 103 Å². The third-order valence-corrected chi connectivity index (χ3v) is 9.63. The summed E-state index contributed by atoms with van der Waals surface area (Å²) in [6, 6.07) is 1.57. The standard InChI is InChI=1S/C22H26N4O4S3/c1-14-16(11-18-21(28)26(22(31)32-18)15-7-10-33(29,30)13-15)19(24(2)20(27)17(14)12-23)25-8-5-3-4-6-9-25/h11,15H,3-10,13H2,1-2H3/b18-11-. The molecule has 0 bridgehead atoms. The molecule has 4 rings (SSSR count). The number of nitriles is 1. The van der Waals surface area contributed by atoms with Gasteiger partial charge in [-0.3, -0.25) is 19.1 Å². The first-order valence-corrected chi connectivity index (χ1v) is 14.1. The van der Waals surface area contributed by atoms with Crippen molar-refractivity contribution in [3.8, 4) is 6.07 Å². The highest BCUT2D eigenvalue weighted by Gasteiger charge is 2.42. The highest BCUT2D eigenvalue weighted by molar-refractivity contribution is 8.26. The van der Waals surface area contributed by atoms with Crippen LogP contribution in [0.2, 0.25) is 0 Å². The fourth-order valence-corrected chi connectivity index (χ4v) is 7.86. The molecule has 0 spiro atoms. The molecule has 1 amide bonds. The predicted molar refractivity (Wildman–Crippen MR) is 134 cm³/mol. The molecule has 176 valence electrons. The van der Waals surface area contributed by atoms with E-state index in [9.17, 15) is 23.3 Å². The summed E-state index contributed by atoms with van der Waals surface area (Å²) in [5, 5.41) is 9.63. The fraction of sp³-hybridized carbons (Fsp3) is 0.545. The maximum atomic E-state index is 13.3. The molecule has 3 fully saturated rings. The number of nitrogens with zero attached hydrogens (tertiary/aromatic N) is 4. The van der Waals surface area contributed by atoms with Crippen molar-refractivity contribution in [1.29, 1.82) is 5.26 Å². The Morgan fingerprint density at radius 3 is 2.42 bits per heavy atom. The Morgan fingerprint density at radius 1 is 1.18 bits per heavy atom. The average Bonchev–Trinajstić information content (AvgIpc) is 3.11. The number of hydrogen-bond acceptors (Lipinski definition) is 8. The van der Waals surface area contributed by atoms with Gasteiger partial charge >= 0.3 is 0 Å². The number of thioether (sulfide) groups is 1. The maximum Gasteiger partial charge on any atom is 0.270 e. The Morgan fingerprint density at radius 2 is 1.85 bits per heavy atom. The van der Waals surface area contributed by atoms with E-state index in [4.69, 9.17) is 12.2 Å². The van der Waals surface area contributed by atoms with Crippen LogP contribution in [0.3, 0.4) is 0 Å². The van der Waals surface area contributed by atoms with Crippen LogP contribution in [0.25, 0.3) is 6.08 Å². The van der Waals surface area contributed by atoms with E-state index in [0.29, 0.717) is 32.6 Å². The van der Waals surface area contributed by atoms with Crippen LogP contribution >= 0.6 is 24.0 Å². The van der Waals surface area contributed by atoms with Crippen molar-refractivity contribution in [2.24, 2.45) is 7.05 Å². The fourth-order valence-electron chi connectivity index (χ4n) is 4.78. The number of anilines is 1. The molecule has 33 heavy (non-hydrogen) atoms. The number of carbonyl (C=O) groups is 1. The Kier molecular flexibility index (Phi) is 6.71. The second-order valence-corrected chi connectivity index (χ2v) is 12.6. The third kappa shape index (κ3) is 4.48. The van der Waals surface area contributed by atoms with Crippen LogP contribution < -0.4 is 10.5 Å². The first kappa shape index (κ1) is 24.0. The quantitative estimate of drug-likeness (QED) is 0.455. The number of hydrogen-bond donors (Lipinski definition) is 0. The van der Waals surface area contributed by atoms with E-state index in [2.05, 4.69) is 4.90 Å². The van der Waals surface area contributed by atoms with Crippen LogP contribution in [0.5, 0.6) is 0 Å². The van der Waals surface area contributed by atoms with Gasteiger partial charge in [0.2, 0.25) is 0 Å². The molecule has 0 N–H and O–H groups in total. The van der Waals surface area contributed by atoms with E-state index >= 15 is 0 Å². The van der Waals surface area contributed by atoms with Crippen LogP contribution in [0.1, 0.15) is 48.8 Å². The number of thiocarbonyl (C=S) groups is 1. The van der Waals surface area contributed by atoms with Crippen molar-refractivity contribution in [3.05, 3.63) is 31.9 Å². The minimum Gasteiger partial charge on any atom is -0.357 e. The van der Waals surface area contributed by atoms with Gasteiger partial charge in [0.05, 0.1) is 22.5 Å². The lowest BCUT2D eigenvalue weighted by Gasteiger charge is -2.28. The van der Waals surface area contributed by atoms with Gasteiger partial charge in [-0.1, -0.05) is 36.8 Å². The van der Waals surface area contributed by atoms with Gasteiger partial charge in [-0.05, 0) is 37.8 Å². The monoisotopic (exact) mass is 506 g/mol. The van der Waals surface area contributed by atoms with Crippen molar-refractivity contribution in [2.75, 3.05) is 29.5 Å². The first-order chi connectivity index (χ1) is 15.6. The molecule has 0 radical (unpaired) electrons. The zero-order chi connectivity index (χ0) is 23.9. The van der Waals surface area contributed by atoms with Crippen LogP contribution in [0.15, 0.2) is 9.70 Å². The lowest BCUT2D eigenvalue weighted by molar-refractivity contribution is -0.123. The molecule has 0 saturated carbocycles. The molecule has 0 aliphatic carbocycles. The number of aromatic nitrogens is 1.